The first-order valence-electron chi connectivity index (χ1n) is 9.34. The summed E-state index contributed by atoms with van der Waals surface area (Å²) in [4.78, 5) is 38.1. The highest BCUT2D eigenvalue weighted by Crippen LogP contribution is 2.32. The number of rotatable bonds is 4. The van der Waals surface area contributed by atoms with Gasteiger partial charge in [-0.25, -0.2) is 13.9 Å². The maximum atomic E-state index is 13.0. The first-order valence-corrected chi connectivity index (χ1v) is 9.34. The molecule has 0 aliphatic heterocycles. The fraction of sp³-hybridized carbons (Fsp3) is 0.190. The number of hydrogen-bond acceptors (Lipinski definition) is 6. The molecule has 9 nitrogen and oxygen atoms in total. The number of aromatic nitrogens is 5. The summed E-state index contributed by atoms with van der Waals surface area (Å²) in [6.07, 6.45) is 0. The number of aryl methyl sites for hydroxylation is 3. The lowest BCUT2D eigenvalue weighted by Crippen LogP contribution is -2.33. The normalized spacial score (nSPS) is 11.1. The van der Waals surface area contributed by atoms with Gasteiger partial charge >= 0.3 is 5.69 Å². The summed E-state index contributed by atoms with van der Waals surface area (Å²) in [5.41, 5.74) is -0.621. The van der Waals surface area contributed by atoms with Crippen molar-refractivity contribution in [3.8, 4) is 17.3 Å². The molecule has 0 spiro atoms. The molecule has 0 unspecified atom stereocenters. The minimum Gasteiger partial charge on any atom is -0.437 e. The van der Waals surface area contributed by atoms with Crippen LogP contribution in [0.3, 0.4) is 0 Å². The van der Waals surface area contributed by atoms with E-state index in [2.05, 4.69) is 15.2 Å². The van der Waals surface area contributed by atoms with Crippen molar-refractivity contribution in [2.75, 3.05) is 0 Å². The lowest BCUT2D eigenvalue weighted by Gasteiger charge is -2.15. The number of nitrogens with one attached hydrogen (secondary N) is 1. The van der Waals surface area contributed by atoms with Gasteiger partial charge in [-0.3, -0.25) is 14.6 Å². The van der Waals surface area contributed by atoms with Crippen LogP contribution in [0.25, 0.3) is 16.5 Å². The predicted octanol–water partition coefficient (Wildman–Crippen LogP) is 2.05. The maximum absolute atomic E-state index is 13.0. The Morgan fingerprint density at radius 2 is 1.68 bits per heavy atom. The van der Waals surface area contributed by atoms with E-state index in [0.717, 1.165) is 4.68 Å². The molecule has 2 heterocycles. The molecule has 0 aliphatic carbocycles. The quantitative estimate of drug-likeness (QED) is 0.538. The Balaban J connectivity index is 1.83. The molecule has 0 bridgehead atoms. The van der Waals surface area contributed by atoms with Crippen molar-refractivity contribution in [2.45, 2.75) is 20.5 Å². The van der Waals surface area contributed by atoms with Crippen LogP contribution in [0.5, 0.6) is 11.6 Å². The SMILES string of the molecule is Cc1cc(-n2nc(CF)c(=O)[nH]c2=O)cc(C)c1Oc1nn(C)c(=O)c2ccccc12. The smallest absolute Gasteiger partial charge is 0.349 e. The molecule has 0 atom stereocenters. The van der Waals surface area contributed by atoms with Gasteiger partial charge in [-0.05, 0) is 49.2 Å². The summed E-state index contributed by atoms with van der Waals surface area (Å²) in [5.74, 6) is 0.749. The van der Waals surface area contributed by atoms with Gasteiger partial charge in [0.25, 0.3) is 11.1 Å². The number of H-pyrrole nitrogens is 1. The molecule has 0 amide bonds. The van der Waals surface area contributed by atoms with E-state index in [1.165, 1.54) is 4.68 Å². The van der Waals surface area contributed by atoms with E-state index >= 15 is 0 Å². The molecule has 0 aliphatic rings. The van der Waals surface area contributed by atoms with Crippen LogP contribution < -0.4 is 21.5 Å². The van der Waals surface area contributed by atoms with E-state index in [-0.39, 0.29) is 11.4 Å². The second-order valence-electron chi connectivity index (χ2n) is 7.04. The van der Waals surface area contributed by atoms with Gasteiger partial charge in [0, 0.05) is 7.05 Å². The topological polar surface area (TPSA) is 112 Å². The minimum atomic E-state index is -1.10. The highest BCUT2D eigenvalue weighted by Gasteiger charge is 2.16. The van der Waals surface area contributed by atoms with Crippen molar-refractivity contribution in [3.63, 3.8) is 0 Å². The van der Waals surface area contributed by atoms with Crippen molar-refractivity contribution in [2.24, 2.45) is 7.05 Å². The average Bonchev–Trinajstić information content (AvgIpc) is 2.74. The van der Waals surface area contributed by atoms with E-state index in [4.69, 9.17) is 4.74 Å². The number of nitrogens with zero attached hydrogens (tertiary/aromatic N) is 4. The molecule has 0 saturated carbocycles. The molecule has 4 rings (SSSR count). The van der Waals surface area contributed by atoms with Crippen LogP contribution in [0.1, 0.15) is 16.8 Å². The predicted molar refractivity (Wildman–Crippen MR) is 112 cm³/mol. The lowest BCUT2D eigenvalue weighted by molar-refractivity contribution is 0.441. The Labute approximate surface area is 174 Å². The summed E-state index contributed by atoms with van der Waals surface area (Å²) >= 11 is 0. The summed E-state index contributed by atoms with van der Waals surface area (Å²) in [6.45, 7) is 2.44. The van der Waals surface area contributed by atoms with Gasteiger partial charge in [0.05, 0.1) is 16.5 Å². The zero-order valence-electron chi connectivity index (χ0n) is 17.0. The van der Waals surface area contributed by atoms with Crippen molar-refractivity contribution < 1.29 is 9.13 Å². The van der Waals surface area contributed by atoms with Gasteiger partial charge in [-0.15, -0.1) is 5.10 Å². The average molecular weight is 423 g/mol. The molecular weight excluding hydrogens is 405 g/mol. The first-order chi connectivity index (χ1) is 14.8. The number of halogens is 1. The van der Waals surface area contributed by atoms with E-state index in [1.54, 1.807) is 57.3 Å². The second kappa shape index (κ2) is 7.63. The van der Waals surface area contributed by atoms with E-state index in [1.807, 2.05) is 0 Å². The van der Waals surface area contributed by atoms with Crippen LogP contribution in [-0.4, -0.2) is 24.5 Å². The summed E-state index contributed by atoms with van der Waals surface area (Å²) in [7, 11) is 1.54. The number of ether oxygens (including phenoxy) is 1. The van der Waals surface area contributed by atoms with Crippen LogP contribution in [0.15, 0.2) is 50.8 Å². The molecule has 0 saturated heterocycles. The molecule has 31 heavy (non-hydrogen) atoms. The monoisotopic (exact) mass is 423 g/mol. The van der Waals surface area contributed by atoms with E-state index < -0.39 is 23.6 Å². The largest absolute Gasteiger partial charge is 0.437 e. The number of aromatic amines is 1. The summed E-state index contributed by atoms with van der Waals surface area (Å²) in [5, 5.41) is 9.10. The number of hydrogen-bond donors (Lipinski definition) is 1. The highest BCUT2D eigenvalue weighted by molar-refractivity contribution is 5.86. The minimum absolute atomic E-state index is 0.237. The lowest BCUT2D eigenvalue weighted by atomic mass is 10.1. The van der Waals surface area contributed by atoms with Gasteiger partial charge in [-0.1, -0.05) is 12.1 Å². The summed E-state index contributed by atoms with van der Waals surface area (Å²) < 4.78 is 21.2. The van der Waals surface area contributed by atoms with E-state index in [0.29, 0.717) is 33.3 Å². The Morgan fingerprint density at radius 1 is 1.03 bits per heavy atom. The van der Waals surface area contributed by atoms with Gasteiger partial charge in [0.2, 0.25) is 5.88 Å². The Hall–Kier alpha value is -4.08. The van der Waals surface area contributed by atoms with Crippen LogP contribution in [0.4, 0.5) is 4.39 Å². The number of alkyl halides is 1. The fourth-order valence-corrected chi connectivity index (χ4v) is 3.34. The third-order valence-electron chi connectivity index (χ3n) is 4.83. The molecule has 0 fully saturated rings. The molecule has 10 heteroatoms. The maximum Gasteiger partial charge on any atom is 0.349 e. The molecule has 158 valence electrons. The molecular formula is C21H18FN5O4. The second-order valence-corrected chi connectivity index (χ2v) is 7.04. The zero-order chi connectivity index (χ0) is 22.3. The van der Waals surface area contributed by atoms with E-state index in [9.17, 15) is 18.8 Å². The molecule has 0 radical (unpaired) electrons. The zero-order valence-corrected chi connectivity index (χ0v) is 17.0. The first kappa shape index (κ1) is 20.2. The van der Waals surface area contributed by atoms with Crippen LogP contribution in [0.2, 0.25) is 0 Å². The standard InChI is InChI=1S/C21H18FN5O4/c1-11-8-13(27-21(30)23-18(28)16(10-22)24-27)9-12(2)17(11)31-19-14-6-4-5-7-15(14)20(29)26(3)25-19/h4-9H,10H2,1-3H3,(H,23,28,30). The van der Waals surface area contributed by atoms with Crippen LogP contribution >= 0.6 is 0 Å². The Morgan fingerprint density at radius 3 is 2.32 bits per heavy atom. The van der Waals surface area contributed by atoms with Crippen molar-refractivity contribution >= 4 is 10.8 Å². The molecule has 4 aromatic rings. The van der Waals surface area contributed by atoms with Crippen LogP contribution in [-0.2, 0) is 13.7 Å². The number of benzene rings is 2. The molecule has 1 N–H and O–H groups in total. The van der Waals surface area contributed by atoms with Gasteiger partial charge < -0.3 is 4.74 Å². The number of fused-ring (bicyclic) bond motifs is 1. The Bertz CT molecular complexity index is 1480. The molecule has 2 aromatic heterocycles. The highest BCUT2D eigenvalue weighted by atomic mass is 19.1. The Kier molecular flexibility index (Phi) is 4.97. The van der Waals surface area contributed by atoms with Gasteiger partial charge in [-0.2, -0.15) is 9.78 Å². The van der Waals surface area contributed by atoms with Crippen LogP contribution in [0, 0.1) is 13.8 Å². The molecule has 2 aromatic carbocycles. The van der Waals surface area contributed by atoms with Gasteiger partial charge in [0.1, 0.15) is 12.4 Å². The third kappa shape index (κ3) is 3.52. The third-order valence-corrected chi connectivity index (χ3v) is 4.83. The van der Waals surface area contributed by atoms with Crippen molar-refractivity contribution in [1.82, 2.24) is 24.5 Å². The summed E-state index contributed by atoms with van der Waals surface area (Å²) in [6, 6.07) is 10.3. The van der Waals surface area contributed by atoms with Crippen molar-refractivity contribution in [1.29, 1.82) is 0 Å². The van der Waals surface area contributed by atoms with Crippen molar-refractivity contribution in [3.05, 3.63) is 84.4 Å². The van der Waals surface area contributed by atoms with Gasteiger partial charge in [0.15, 0.2) is 5.69 Å². The fourth-order valence-electron chi connectivity index (χ4n) is 3.34.